The predicted molar refractivity (Wildman–Crippen MR) is 129 cm³/mol. The van der Waals surface area contributed by atoms with Gasteiger partial charge in [-0.2, -0.15) is 4.31 Å². The molecule has 2 atom stereocenters. The van der Waals surface area contributed by atoms with Gasteiger partial charge in [0.1, 0.15) is 16.2 Å². The zero-order valence-corrected chi connectivity index (χ0v) is 21.7. The number of carboxylic acid groups (broad SMARTS) is 1. The molecule has 0 amide bonds. The quantitative estimate of drug-likeness (QED) is 0.447. The van der Waals surface area contributed by atoms with E-state index < -0.39 is 27.5 Å². The zero-order chi connectivity index (χ0) is 25.9. The number of hydrogen-bond donors (Lipinski definition) is 2. The number of carboxylic acids is 1. The number of benzene rings is 1. The maximum Gasteiger partial charge on any atom is 0.324 e. The first kappa shape index (κ1) is 27.8. The van der Waals surface area contributed by atoms with Crippen LogP contribution >= 0.6 is 0 Å². The van der Waals surface area contributed by atoms with E-state index in [-0.39, 0.29) is 42.5 Å². The molecule has 0 spiro atoms. The highest BCUT2D eigenvalue weighted by atomic mass is 32.2. The number of ether oxygens (including phenoxy) is 1. The number of hydrogen-bond acceptors (Lipinski definition) is 5. The summed E-state index contributed by atoms with van der Waals surface area (Å²) >= 11 is 0. The van der Waals surface area contributed by atoms with Gasteiger partial charge < -0.3 is 15.2 Å². The second-order valence-electron chi connectivity index (χ2n) is 10.3. The fourth-order valence-electron chi connectivity index (χ4n) is 4.89. The van der Waals surface area contributed by atoms with Gasteiger partial charge in [0.05, 0.1) is 6.61 Å². The Balaban J connectivity index is 1.55. The van der Waals surface area contributed by atoms with E-state index >= 15 is 0 Å². The van der Waals surface area contributed by atoms with Gasteiger partial charge in [-0.1, -0.05) is 13.0 Å². The van der Waals surface area contributed by atoms with Gasteiger partial charge in [-0.25, -0.2) is 17.2 Å². The van der Waals surface area contributed by atoms with Crippen LogP contribution in [0.15, 0.2) is 23.1 Å². The number of nitrogens with zero attached hydrogens (tertiary/aromatic N) is 1. The average molecular weight is 517 g/mol. The molecule has 1 saturated heterocycles. The number of aliphatic carboxylic acids is 1. The largest absolute Gasteiger partial charge is 0.492 e. The second kappa shape index (κ2) is 11.1. The molecule has 0 aromatic heterocycles. The minimum atomic E-state index is -4.06. The molecule has 0 bridgehead atoms. The first-order valence-electron chi connectivity index (χ1n) is 12.5. The van der Waals surface area contributed by atoms with E-state index in [0.29, 0.717) is 38.2 Å². The Labute approximate surface area is 207 Å². The first-order chi connectivity index (χ1) is 16.3. The Hall–Kier alpha value is -1.78. The zero-order valence-electron chi connectivity index (χ0n) is 20.9. The summed E-state index contributed by atoms with van der Waals surface area (Å²) in [4.78, 5) is 11.8. The van der Waals surface area contributed by atoms with Gasteiger partial charge >= 0.3 is 5.97 Å². The normalized spacial score (nSPS) is 24.4. The Morgan fingerprint density at radius 3 is 2.60 bits per heavy atom. The maximum absolute atomic E-state index is 13.4. The van der Waals surface area contributed by atoms with Crippen molar-refractivity contribution in [1.82, 2.24) is 9.62 Å². The summed E-state index contributed by atoms with van der Waals surface area (Å²) in [6.07, 6.45) is 3.18. The number of halogens is 2. The van der Waals surface area contributed by atoms with Gasteiger partial charge in [-0.05, 0) is 82.5 Å². The number of alkyl halides is 2. The molecule has 1 aromatic rings. The maximum atomic E-state index is 13.4. The van der Waals surface area contributed by atoms with E-state index in [4.69, 9.17) is 4.74 Å². The van der Waals surface area contributed by atoms with Crippen LogP contribution < -0.4 is 10.1 Å². The van der Waals surface area contributed by atoms with Crippen molar-refractivity contribution in [1.29, 1.82) is 0 Å². The van der Waals surface area contributed by atoms with Crippen molar-refractivity contribution < 1.29 is 31.8 Å². The average Bonchev–Trinajstić information content (AvgIpc) is 3.19. The van der Waals surface area contributed by atoms with Crippen LogP contribution in [0.3, 0.4) is 0 Å². The molecule has 1 aromatic carbocycles. The van der Waals surface area contributed by atoms with Gasteiger partial charge in [-0.15, -0.1) is 0 Å². The Morgan fingerprint density at radius 2 is 1.94 bits per heavy atom. The highest BCUT2D eigenvalue weighted by Gasteiger charge is 2.50. The van der Waals surface area contributed by atoms with Gasteiger partial charge in [0.2, 0.25) is 15.9 Å². The highest BCUT2D eigenvalue weighted by molar-refractivity contribution is 7.89. The van der Waals surface area contributed by atoms with Crippen molar-refractivity contribution in [2.45, 2.75) is 94.5 Å². The summed E-state index contributed by atoms with van der Waals surface area (Å²) in [7, 11) is -4.06. The molecule has 0 radical (unpaired) electrons. The molecule has 198 valence electrons. The molecule has 2 aliphatic rings. The summed E-state index contributed by atoms with van der Waals surface area (Å²) in [5, 5.41) is 13.0. The van der Waals surface area contributed by atoms with Crippen LogP contribution in [-0.4, -0.2) is 61.0 Å². The van der Waals surface area contributed by atoms with Gasteiger partial charge in [0, 0.05) is 25.4 Å². The van der Waals surface area contributed by atoms with Crippen LogP contribution in [0, 0.1) is 12.8 Å². The standard InChI is InChI=1S/C25H38F2N2O5S/c1-18(9-14-28-20-7-12-25(26,27)13-8-20)10-16-34-21-17-19(2)5-6-22(21)35(32,33)29-15-4-11-24(29,3)23(30)31/h5-6,17-18,20,28H,4,7-16H2,1-3H3,(H,30,31)/t18-,24+/m1/s1. The Morgan fingerprint density at radius 1 is 1.26 bits per heavy atom. The van der Waals surface area contributed by atoms with Crippen LogP contribution in [0.2, 0.25) is 0 Å². The lowest BCUT2D eigenvalue weighted by Gasteiger charge is -2.30. The van der Waals surface area contributed by atoms with Crippen molar-refractivity contribution in [2.75, 3.05) is 19.7 Å². The van der Waals surface area contributed by atoms with Crippen LogP contribution in [0.5, 0.6) is 5.75 Å². The van der Waals surface area contributed by atoms with E-state index in [9.17, 15) is 27.1 Å². The molecule has 35 heavy (non-hydrogen) atoms. The lowest BCUT2D eigenvalue weighted by molar-refractivity contribution is -0.146. The van der Waals surface area contributed by atoms with Crippen molar-refractivity contribution >= 4 is 16.0 Å². The van der Waals surface area contributed by atoms with Crippen LogP contribution in [0.4, 0.5) is 8.78 Å². The molecule has 10 heteroatoms. The van der Waals surface area contributed by atoms with E-state index in [2.05, 4.69) is 12.2 Å². The number of aryl methyl sites for hydroxylation is 1. The molecule has 2 N–H and O–H groups in total. The number of sulfonamides is 1. The molecular weight excluding hydrogens is 478 g/mol. The summed E-state index contributed by atoms with van der Waals surface area (Å²) in [5.41, 5.74) is -0.631. The van der Waals surface area contributed by atoms with E-state index in [1.54, 1.807) is 12.1 Å². The SMILES string of the molecule is Cc1ccc(S(=O)(=O)N2CCC[C@@]2(C)C(=O)O)c(OCC[C@H](C)CCNC2CCC(F)(F)CC2)c1. The molecule has 0 unspecified atom stereocenters. The van der Waals surface area contributed by atoms with Gasteiger partial charge in [0.25, 0.3) is 0 Å². The third-order valence-electron chi connectivity index (χ3n) is 7.36. The molecule has 1 aliphatic carbocycles. The predicted octanol–water partition coefficient (Wildman–Crippen LogP) is 4.59. The lowest BCUT2D eigenvalue weighted by atomic mass is 9.92. The Kier molecular flexibility index (Phi) is 8.81. The van der Waals surface area contributed by atoms with Gasteiger partial charge in [-0.3, -0.25) is 4.79 Å². The van der Waals surface area contributed by atoms with Crippen LogP contribution in [-0.2, 0) is 14.8 Å². The van der Waals surface area contributed by atoms with Crippen molar-refractivity contribution in [3.05, 3.63) is 23.8 Å². The fourth-order valence-corrected chi connectivity index (χ4v) is 6.81. The van der Waals surface area contributed by atoms with E-state index in [1.807, 2.05) is 6.92 Å². The smallest absolute Gasteiger partial charge is 0.324 e. The van der Waals surface area contributed by atoms with Crippen molar-refractivity contribution in [3.63, 3.8) is 0 Å². The first-order valence-corrected chi connectivity index (χ1v) is 13.9. The molecule has 1 heterocycles. The number of nitrogens with one attached hydrogen (secondary N) is 1. The highest BCUT2D eigenvalue weighted by Crippen LogP contribution is 2.38. The summed E-state index contributed by atoms with van der Waals surface area (Å²) in [5.74, 6) is -3.15. The van der Waals surface area contributed by atoms with Crippen molar-refractivity contribution in [3.8, 4) is 5.75 Å². The summed E-state index contributed by atoms with van der Waals surface area (Å²) < 4.78 is 60.5. The fraction of sp³-hybridized carbons (Fsp3) is 0.720. The van der Waals surface area contributed by atoms with Gasteiger partial charge in [0.15, 0.2) is 0 Å². The Bertz CT molecular complexity index is 994. The molecule has 1 aliphatic heterocycles. The van der Waals surface area contributed by atoms with Crippen molar-refractivity contribution in [2.24, 2.45) is 5.92 Å². The summed E-state index contributed by atoms with van der Waals surface area (Å²) in [6.45, 7) is 6.58. The molecule has 3 rings (SSSR count). The molecular formula is C25H38F2N2O5S. The van der Waals surface area contributed by atoms with Crippen LogP contribution in [0.25, 0.3) is 0 Å². The molecule has 7 nitrogen and oxygen atoms in total. The third-order valence-corrected chi connectivity index (χ3v) is 9.42. The molecule has 1 saturated carbocycles. The molecule has 2 fully saturated rings. The minimum Gasteiger partial charge on any atom is -0.492 e. The summed E-state index contributed by atoms with van der Waals surface area (Å²) in [6, 6.07) is 4.98. The van der Waals surface area contributed by atoms with E-state index in [0.717, 1.165) is 22.8 Å². The lowest BCUT2D eigenvalue weighted by Crippen LogP contribution is -2.50. The topological polar surface area (TPSA) is 95.9 Å². The monoisotopic (exact) mass is 516 g/mol. The second-order valence-corrected chi connectivity index (χ2v) is 12.2. The van der Waals surface area contributed by atoms with E-state index in [1.165, 1.54) is 13.0 Å². The minimum absolute atomic E-state index is 0.0131. The number of rotatable bonds is 11. The third kappa shape index (κ3) is 6.71. The number of carbonyl (C=O) groups is 1. The van der Waals surface area contributed by atoms with Crippen LogP contribution in [0.1, 0.15) is 70.8 Å².